The Morgan fingerprint density at radius 1 is 1.44 bits per heavy atom. The summed E-state index contributed by atoms with van der Waals surface area (Å²) in [6.45, 7) is 1.83. The lowest BCUT2D eigenvalue weighted by Gasteiger charge is -2.22. The zero-order valence-corrected chi connectivity index (χ0v) is 10.6. The zero-order valence-electron chi connectivity index (χ0n) is 9.81. The molecule has 4 nitrogen and oxygen atoms in total. The van der Waals surface area contributed by atoms with Crippen molar-refractivity contribution >= 4 is 33.0 Å². The van der Waals surface area contributed by atoms with Crippen LogP contribution in [0.25, 0.3) is 10.1 Å². The molecule has 94 valence electrons. The van der Waals surface area contributed by atoms with Crippen LogP contribution in [0.2, 0.25) is 0 Å². The van der Waals surface area contributed by atoms with E-state index < -0.39 is 0 Å². The number of hydrogen-bond acceptors (Lipinski definition) is 4. The quantitative estimate of drug-likeness (QED) is 0.868. The average molecular weight is 262 g/mol. The molecule has 3 rings (SSSR count). The van der Waals surface area contributed by atoms with Gasteiger partial charge in [0.15, 0.2) is 0 Å². The lowest BCUT2D eigenvalue weighted by atomic mass is 10.2. The van der Waals surface area contributed by atoms with Gasteiger partial charge < -0.3 is 15.4 Å². The maximum Gasteiger partial charge on any atom is 0.243 e. The smallest absolute Gasteiger partial charge is 0.243 e. The molecule has 0 saturated carbocycles. The Hall–Kier alpha value is -1.43. The van der Waals surface area contributed by atoms with Gasteiger partial charge in [-0.3, -0.25) is 4.79 Å². The summed E-state index contributed by atoms with van der Waals surface area (Å²) in [4.78, 5) is 12.1. The van der Waals surface area contributed by atoms with Crippen molar-refractivity contribution in [3.05, 3.63) is 29.6 Å². The zero-order chi connectivity index (χ0) is 12.4. The number of morpholine rings is 1. The van der Waals surface area contributed by atoms with Crippen molar-refractivity contribution in [3.8, 4) is 0 Å². The molecule has 1 atom stereocenters. The number of hydrogen-bond donors (Lipinski definition) is 2. The Morgan fingerprint density at radius 2 is 2.33 bits per heavy atom. The van der Waals surface area contributed by atoms with Crippen LogP contribution in [-0.4, -0.2) is 31.7 Å². The van der Waals surface area contributed by atoms with Crippen LogP contribution in [-0.2, 0) is 9.53 Å². The van der Waals surface area contributed by atoms with E-state index in [1.54, 1.807) is 11.3 Å². The van der Waals surface area contributed by atoms with Gasteiger partial charge in [-0.25, -0.2) is 0 Å². The standard InChI is InChI=1S/C13H14N2O2S/c16-13(10-7-17-6-5-14-10)15-11-8-18-12-4-2-1-3-9(11)12/h1-4,8,10,14H,5-7H2,(H,15,16). The second kappa shape index (κ2) is 5.06. The third-order valence-corrected chi connectivity index (χ3v) is 3.94. The Labute approximate surface area is 109 Å². The molecule has 0 spiro atoms. The first-order valence-corrected chi connectivity index (χ1v) is 6.81. The Kier molecular flexibility index (Phi) is 3.27. The first kappa shape index (κ1) is 11.6. The van der Waals surface area contributed by atoms with E-state index in [-0.39, 0.29) is 11.9 Å². The minimum absolute atomic E-state index is 0.0294. The van der Waals surface area contributed by atoms with Crippen molar-refractivity contribution in [1.29, 1.82) is 0 Å². The van der Waals surface area contributed by atoms with E-state index in [0.29, 0.717) is 13.2 Å². The van der Waals surface area contributed by atoms with E-state index in [9.17, 15) is 4.79 Å². The number of anilines is 1. The molecule has 2 aromatic rings. The summed E-state index contributed by atoms with van der Waals surface area (Å²) in [5.41, 5.74) is 0.882. The van der Waals surface area contributed by atoms with Gasteiger partial charge in [-0.15, -0.1) is 11.3 Å². The van der Waals surface area contributed by atoms with Crippen LogP contribution in [0.1, 0.15) is 0 Å². The minimum atomic E-state index is -0.252. The summed E-state index contributed by atoms with van der Waals surface area (Å²) in [6, 6.07) is 7.80. The molecule has 1 fully saturated rings. The van der Waals surface area contributed by atoms with E-state index in [1.165, 1.54) is 4.70 Å². The number of fused-ring (bicyclic) bond motifs is 1. The molecular weight excluding hydrogens is 248 g/mol. The van der Waals surface area contributed by atoms with Crippen LogP contribution in [0.4, 0.5) is 5.69 Å². The van der Waals surface area contributed by atoms with Crippen molar-refractivity contribution in [2.24, 2.45) is 0 Å². The molecule has 0 bridgehead atoms. The summed E-state index contributed by atoms with van der Waals surface area (Å²) >= 11 is 1.64. The van der Waals surface area contributed by atoms with Gasteiger partial charge in [0.1, 0.15) is 6.04 Å². The predicted molar refractivity (Wildman–Crippen MR) is 73.1 cm³/mol. The van der Waals surface area contributed by atoms with E-state index in [4.69, 9.17) is 4.74 Å². The molecule has 0 aliphatic carbocycles. The Bertz CT molecular complexity index is 561. The first-order chi connectivity index (χ1) is 8.84. The third-order valence-electron chi connectivity index (χ3n) is 2.98. The number of benzene rings is 1. The van der Waals surface area contributed by atoms with Crippen molar-refractivity contribution in [1.82, 2.24) is 5.32 Å². The molecule has 18 heavy (non-hydrogen) atoms. The molecule has 1 amide bonds. The Balaban J connectivity index is 1.77. The second-order valence-electron chi connectivity index (χ2n) is 4.22. The SMILES string of the molecule is O=C(Nc1csc2ccccc12)C1COCCN1. The molecule has 0 radical (unpaired) electrons. The lowest BCUT2D eigenvalue weighted by Crippen LogP contribution is -2.48. The van der Waals surface area contributed by atoms with Crippen molar-refractivity contribution in [2.45, 2.75) is 6.04 Å². The van der Waals surface area contributed by atoms with E-state index in [1.807, 2.05) is 23.6 Å². The highest BCUT2D eigenvalue weighted by molar-refractivity contribution is 7.17. The number of ether oxygens (including phenoxy) is 1. The normalized spacial score (nSPS) is 19.9. The molecule has 1 unspecified atom stereocenters. The van der Waals surface area contributed by atoms with Gasteiger partial charge in [0, 0.05) is 22.0 Å². The molecule has 1 aromatic heterocycles. The van der Waals surface area contributed by atoms with Crippen LogP contribution in [0, 0.1) is 0 Å². The van der Waals surface area contributed by atoms with Crippen molar-refractivity contribution in [2.75, 3.05) is 25.1 Å². The van der Waals surface area contributed by atoms with Crippen LogP contribution < -0.4 is 10.6 Å². The van der Waals surface area contributed by atoms with Crippen molar-refractivity contribution in [3.63, 3.8) is 0 Å². The van der Waals surface area contributed by atoms with Crippen molar-refractivity contribution < 1.29 is 9.53 Å². The first-order valence-electron chi connectivity index (χ1n) is 5.93. The molecule has 1 aliphatic rings. The second-order valence-corrected chi connectivity index (χ2v) is 5.13. The highest BCUT2D eigenvalue weighted by Crippen LogP contribution is 2.29. The fourth-order valence-electron chi connectivity index (χ4n) is 2.03. The molecule has 2 heterocycles. The van der Waals surface area contributed by atoms with Gasteiger partial charge in [0.2, 0.25) is 5.91 Å². The molecule has 5 heteroatoms. The number of rotatable bonds is 2. The van der Waals surface area contributed by atoms with Crippen LogP contribution in [0.15, 0.2) is 29.6 Å². The van der Waals surface area contributed by atoms with E-state index in [0.717, 1.165) is 17.6 Å². The topological polar surface area (TPSA) is 50.4 Å². The fraction of sp³-hybridized carbons (Fsp3) is 0.308. The Morgan fingerprint density at radius 3 is 3.17 bits per heavy atom. The third kappa shape index (κ3) is 2.25. The largest absolute Gasteiger partial charge is 0.378 e. The van der Waals surface area contributed by atoms with E-state index >= 15 is 0 Å². The van der Waals surface area contributed by atoms with Gasteiger partial charge in [-0.2, -0.15) is 0 Å². The predicted octanol–water partition coefficient (Wildman–Crippen LogP) is 1.83. The highest BCUT2D eigenvalue weighted by Gasteiger charge is 2.21. The van der Waals surface area contributed by atoms with Crippen LogP contribution in [0.3, 0.4) is 0 Å². The van der Waals surface area contributed by atoms with Gasteiger partial charge >= 0.3 is 0 Å². The van der Waals surface area contributed by atoms with Crippen LogP contribution in [0.5, 0.6) is 0 Å². The van der Waals surface area contributed by atoms with Gasteiger partial charge in [-0.1, -0.05) is 18.2 Å². The van der Waals surface area contributed by atoms with Gasteiger partial charge in [0.05, 0.1) is 18.9 Å². The summed E-state index contributed by atoms with van der Waals surface area (Å²) in [5, 5.41) is 9.18. The molecule has 1 aliphatic heterocycles. The number of carbonyl (C=O) groups is 1. The number of amides is 1. The molecule has 1 aromatic carbocycles. The molecule has 1 saturated heterocycles. The maximum atomic E-state index is 12.1. The minimum Gasteiger partial charge on any atom is -0.378 e. The summed E-state index contributed by atoms with van der Waals surface area (Å²) in [7, 11) is 0. The monoisotopic (exact) mass is 262 g/mol. The highest BCUT2D eigenvalue weighted by atomic mass is 32.1. The number of nitrogens with one attached hydrogen (secondary N) is 2. The number of thiophene rings is 1. The fourth-order valence-corrected chi connectivity index (χ4v) is 2.92. The lowest BCUT2D eigenvalue weighted by molar-refractivity contribution is -0.120. The number of carbonyl (C=O) groups excluding carboxylic acids is 1. The average Bonchev–Trinajstić information content (AvgIpc) is 2.83. The summed E-state index contributed by atoms with van der Waals surface area (Å²) < 4.78 is 6.47. The van der Waals surface area contributed by atoms with Crippen LogP contribution >= 0.6 is 11.3 Å². The van der Waals surface area contributed by atoms with E-state index in [2.05, 4.69) is 16.7 Å². The van der Waals surface area contributed by atoms with Gasteiger partial charge in [-0.05, 0) is 6.07 Å². The molecule has 2 N–H and O–H groups in total. The van der Waals surface area contributed by atoms with Gasteiger partial charge in [0.25, 0.3) is 0 Å². The summed E-state index contributed by atoms with van der Waals surface area (Å²) in [6.07, 6.45) is 0. The molecular formula is C13H14N2O2S. The summed E-state index contributed by atoms with van der Waals surface area (Å²) in [5.74, 6) is -0.0294. The maximum absolute atomic E-state index is 12.1.